The van der Waals surface area contributed by atoms with E-state index in [9.17, 15) is 5.11 Å². The lowest BCUT2D eigenvalue weighted by molar-refractivity contribution is -0.00000664. The number of rotatable bonds is 5. The highest BCUT2D eigenvalue weighted by molar-refractivity contribution is 5.35. The molecule has 0 aromatic heterocycles. The van der Waals surface area contributed by atoms with Gasteiger partial charge in [-0.3, -0.25) is 0 Å². The van der Waals surface area contributed by atoms with Gasteiger partial charge in [0.15, 0.2) is 0 Å². The van der Waals surface area contributed by atoms with Gasteiger partial charge >= 0.3 is 0 Å². The first kappa shape index (κ1) is 18.3. The third-order valence-corrected chi connectivity index (χ3v) is 4.11. The Morgan fingerprint density at radius 3 is 2.57 bits per heavy atom. The number of benzene rings is 1. The zero-order valence-electron chi connectivity index (χ0n) is 13.3. The number of ether oxygens (including phenoxy) is 1. The number of likely N-dealkylation sites (tertiary alicyclic amines) is 1. The maximum Gasteiger partial charge on any atom is 0.122 e. The second-order valence-electron chi connectivity index (χ2n) is 6.22. The number of piperidine rings is 1. The van der Waals surface area contributed by atoms with Crippen LogP contribution in [0.5, 0.6) is 5.75 Å². The second kappa shape index (κ2) is 8.62. The van der Waals surface area contributed by atoms with Gasteiger partial charge < -0.3 is 27.2 Å². The van der Waals surface area contributed by atoms with Crippen molar-refractivity contribution in [1.29, 1.82) is 0 Å². The van der Waals surface area contributed by atoms with Crippen LogP contribution >= 0.6 is 0 Å². The van der Waals surface area contributed by atoms with E-state index >= 15 is 0 Å². The Morgan fingerprint density at radius 1 is 1.29 bits per heavy atom. The third kappa shape index (κ3) is 5.85. The van der Waals surface area contributed by atoms with E-state index in [1.165, 1.54) is 18.4 Å². The zero-order chi connectivity index (χ0) is 14.5. The molecule has 1 saturated heterocycles. The molecule has 0 saturated carbocycles. The molecule has 0 spiro atoms. The SMILES string of the molecule is Cc1ccc(OCC(O)CN2CCC(C)CC2)c(C)c1.[Cl-]. The normalized spacial score (nSPS) is 18.1. The van der Waals surface area contributed by atoms with Crippen molar-refractivity contribution in [2.24, 2.45) is 5.92 Å². The first-order valence-corrected chi connectivity index (χ1v) is 7.65. The molecule has 0 radical (unpaired) electrons. The summed E-state index contributed by atoms with van der Waals surface area (Å²) in [7, 11) is 0. The molecule has 0 aliphatic carbocycles. The van der Waals surface area contributed by atoms with E-state index in [1.54, 1.807) is 0 Å². The van der Waals surface area contributed by atoms with E-state index in [-0.39, 0.29) is 12.4 Å². The van der Waals surface area contributed by atoms with Crippen molar-refractivity contribution in [3.63, 3.8) is 0 Å². The molecule has 4 heteroatoms. The summed E-state index contributed by atoms with van der Waals surface area (Å²) in [4.78, 5) is 2.34. The van der Waals surface area contributed by atoms with Crippen LogP contribution in [-0.2, 0) is 0 Å². The van der Waals surface area contributed by atoms with Crippen molar-refractivity contribution >= 4 is 0 Å². The summed E-state index contributed by atoms with van der Waals surface area (Å²) < 4.78 is 5.74. The Labute approximate surface area is 134 Å². The third-order valence-electron chi connectivity index (χ3n) is 4.11. The quantitative estimate of drug-likeness (QED) is 0.816. The Balaban J connectivity index is 0.00000220. The Bertz CT molecular complexity index is 431. The van der Waals surface area contributed by atoms with E-state index < -0.39 is 6.10 Å². The van der Waals surface area contributed by atoms with E-state index in [0.29, 0.717) is 6.61 Å². The highest BCUT2D eigenvalue weighted by Gasteiger charge is 2.18. The monoisotopic (exact) mass is 312 g/mol. The van der Waals surface area contributed by atoms with Gasteiger partial charge in [0.1, 0.15) is 18.5 Å². The van der Waals surface area contributed by atoms with Crippen LogP contribution < -0.4 is 17.1 Å². The van der Waals surface area contributed by atoms with E-state index in [1.807, 2.05) is 19.1 Å². The van der Waals surface area contributed by atoms with E-state index in [0.717, 1.165) is 36.9 Å². The average molecular weight is 313 g/mol. The van der Waals surface area contributed by atoms with Gasteiger partial charge in [0.05, 0.1) is 0 Å². The van der Waals surface area contributed by atoms with Crippen molar-refractivity contribution < 1.29 is 22.3 Å². The summed E-state index contributed by atoms with van der Waals surface area (Å²) in [5.74, 6) is 1.71. The lowest BCUT2D eigenvalue weighted by atomic mass is 9.99. The second-order valence-corrected chi connectivity index (χ2v) is 6.22. The molecular weight excluding hydrogens is 286 g/mol. The zero-order valence-corrected chi connectivity index (χ0v) is 14.1. The minimum Gasteiger partial charge on any atom is -1.00 e. The van der Waals surface area contributed by atoms with Gasteiger partial charge in [-0.05, 0) is 57.3 Å². The van der Waals surface area contributed by atoms with Crippen molar-refractivity contribution in [2.45, 2.75) is 39.7 Å². The highest BCUT2D eigenvalue weighted by Crippen LogP contribution is 2.19. The van der Waals surface area contributed by atoms with Gasteiger partial charge in [-0.15, -0.1) is 0 Å². The molecule has 1 aromatic carbocycles. The van der Waals surface area contributed by atoms with Crippen LogP contribution in [0.25, 0.3) is 0 Å². The van der Waals surface area contributed by atoms with Crippen molar-refractivity contribution in [2.75, 3.05) is 26.2 Å². The van der Waals surface area contributed by atoms with Crippen LogP contribution in [0.2, 0.25) is 0 Å². The fourth-order valence-electron chi connectivity index (χ4n) is 2.74. The summed E-state index contributed by atoms with van der Waals surface area (Å²) in [6.07, 6.45) is 2.07. The van der Waals surface area contributed by atoms with Crippen LogP contribution in [0, 0.1) is 19.8 Å². The summed E-state index contributed by atoms with van der Waals surface area (Å²) >= 11 is 0. The lowest BCUT2D eigenvalue weighted by Crippen LogP contribution is -3.00. The van der Waals surface area contributed by atoms with Gasteiger partial charge in [0.2, 0.25) is 0 Å². The summed E-state index contributed by atoms with van der Waals surface area (Å²) in [6.45, 7) is 9.71. The molecule has 120 valence electrons. The number of β-amino-alcohol motifs (C(OH)–C–C–N with tert-alkyl or cyclic N) is 1. The van der Waals surface area contributed by atoms with Crippen LogP contribution in [0.3, 0.4) is 0 Å². The van der Waals surface area contributed by atoms with Gasteiger partial charge in [0, 0.05) is 6.54 Å². The first-order chi connectivity index (χ1) is 9.54. The molecule has 1 aliphatic rings. The molecule has 1 aliphatic heterocycles. The largest absolute Gasteiger partial charge is 1.00 e. The Kier molecular flexibility index (Phi) is 7.50. The van der Waals surface area contributed by atoms with Crippen LogP contribution in [0.15, 0.2) is 18.2 Å². The molecule has 1 fully saturated rings. The minimum atomic E-state index is -0.413. The van der Waals surface area contributed by atoms with Gasteiger partial charge in [-0.2, -0.15) is 0 Å². The average Bonchev–Trinajstić information content (AvgIpc) is 2.40. The van der Waals surface area contributed by atoms with Crippen LogP contribution in [0.1, 0.15) is 30.9 Å². The summed E-state index contributed by atoms with van der Waals surface area (Å²) in [6, 6.07) is 6.13. The first-order valence-electron chi connectivity index (χ1n) is 7.65. The fourth-order valence-corrected chi connectivity index (χ4v) is 2.74. The molecule has 0 amide bonds. The minimum absolute atomic E-state index is 0. The number of aryl methyl sites for hydroxylation is 2. The summed E-state index contributed by atoms with van der Waals surface area (Å²) in [5.41, 5.74) is 2.36. The van der Waals surface area contributed by atoms with Crippen molar-refractivity contribution in [3.8, 4) is 5.75 Å². The molecule has 3 nitrogen and oxygen atoms in total. The van der Waals surface area contributed by atoms with Crippen LogP contribution in [0.4, 0.5) is 0 Å². The Morgan fingerprint density at radius 2 is 1.95 bits per heavy atom. The fraction of sp³-hybridized carbons (Fsp3) is 0.647. The number of aliphatic hydroxyl groups is 1. The molecular formula is C17H27ClNO2-. The maximum atomic E-state index is 10.1. The van der Waals surface area contributed by atoms with Gasteiger partial charge in [-0.1, -0.05) is 24.6 Å². The van der Waals surface area contributed by atoms with Gasteiger partial charge in [-0.25, -0.2) is 0 Å². The molecule has 1 heterocycles. The van der Waals surface area contributed by atoms with Crippen molar-refractivity contribution in [1.82, 2.24) is 4.90 Å². The van der Waals surface area contributed by atoms with Gasteiger partial charge in [0.25, 0.3) is 0 Å². The number of hydrogen-bond donors (Lipinski definition) is 1. The lowest BCUT2D eigenvalue weighted by Gasteiger charge is -2.31. The molecule has 1 unspecified atom stereocenters. The number of hydrogen-bond acceptors (Lipinski definition) is 3. The van der Waals surface area contributed by atoms with Crippen LogP contribution in [-0.4, -0.2) is 42.4 Å². The predicted molar refractivity (Wildman–Crippen MR) is 82.3 cm³/mol. The Hall–Kier alpha value is -0.770. The predicted octanol–water partition coefficient (Wildman–Crippen LogP) is -0.221. The highest BCUT2D eigenvalue weighted by atomic mass is 35.5. The molecule has 2 rings (SSSR count). The number of nitrogens with zero attached hydrogens (tertiary/aromatic N) is 1. The summed E-state index contributed by atoms with van der Waals surface area (Å²) in [5, 5.41) is 10.1. The van der Waals surface area contributed by atoms with E-state index in [2.05, 4.69) is 24.8 Å². The smallest absolute Gasteiger partial charge is 0.122 e. The molecule has 1 atom stereocenters. The molecule has 1 aromatic rings. The van der Waals surface area contributed by atoms with Crippen molar-refractivity contribution in [3.05, 3.63) is 29.3 Å². The molecule has 0 bridgehead atoms. The topological polar surface area (TPSA) is 32.7 Å². The standard InChI is InChI=1S/C17H27NO2.ClH/c1-13-6-8-18(9-7-13)11-16(19)12-20-17-5-4-14(2)10-15(17)3;/h4-5,10,13,16,19H,6-9,11-12H2,1-3H3;1H/p-1. The molecule has 1 N–H and O–H groups in total. The number of aliphatic hydroxyl groups excluding tert-OH is 1. The van der Waals surface area contributed by atoms with E-state index in [4.69, 9.17) is 4.74 Å². The molecule has 21 heavy (non-hydrogen) atoms. The number of halogens is 1. The maximum absolute atomic E-state index is 10.1.